The van der Waals surface area contributed by atoms with E-state index in [0.717, 1.165) is 34.4 Å². The average Bonchev–Trinajstić information content (AvgIpc) is 2.74. The Hall–Kier alpha value is -3.25. The van der Waals surface area contributed by atoms with Crippen LogP contribution in [-0.4, -0.2) is 16.1 Å². The summed E-state index contributed by atoms with van der Waals surface area (Å²) in [6, 6.07) is 18.4. The second-order valence-electron chi connectivity index (χ2n) is 7.33. The highest BCUT2D eigenvalue weighted by atomic mass is 35.5. The normalized spacial score (nSPS) is 17.2. The molecular weight excluding hydrogens is 427 g/mol. The summed E-state index contributed by atoms with van der Waals surface area (Å²) >= 11 is 6.10. The van der Waals surface area contributed by atoms with Crippen LogP contribution < -0.4 is 14.8 Å². The number of aryl methyl sites for hydroxylation is 1. The molecule has 31 heavy (non-hydrogen) atoms. The van der Waals surface area contributed by atoms with Gasteiger partial charge in [0, 0.05) is 22.7 Å². The van der Waals surface area contributed by atoms with Crippen molar-refractivity contribution >= 4 is 22.7 Å². The molecule has 0 radical (unpaired) electrons. The van der Waals surface area contributed by atoms with Crippen molar-refractivity contribution < 1.29 is 17.9 Å². The van der Waals surface area contributed by atoms with E-state index in [1.165, 1.54) is 6.07 Å². The highest BCUT2D eigenvalue weighted by Crippen LogP contribution is 2.39. The molecule has 0 bridgehead atoms. The van der Waals surface area contributed by atoms with Gasteiger partial charge in [0.25, 0.3) is 0 Å². The maximum atomic E-state index is 13.4. The van der Waals surface area contributed by atoms with Crippen LogP contribution in [0.2, 0.25) is 0 Å². The molecule has 5 rings (SSSR count). The SMILES string of the molecule is Cc1ccc2c(c1)C1=[N+]=C(Cl)N1NC2Oc1cc(C(F)(F)F)ccc1-c1ccccc1. The van der Waals surface area contributed by atoms with Gasteiger partial charge in [0.1, 0.15) is 5.75 Å². The van der Waals surface area contributed by atoms with Crippen molar-refractivity contribution in [3.63, 3.8) is 0 Å². The fourth-order valence-corrected chi connectivity index (χ4v) is 3.88. The highest BCUT2D eigenvalue weighted by molar-refractivity contribution is 6.67. The van der Waals surface area contributed by atoms with Gasteiger partial charge in [0.05, 0.1) is 11.1 Å². The minimum atomic E-state index is -4.49. The van der Waals surface area contributed by atoms with Crippen molar-refractivity contribution in [1.82, 2.24) is 15.1 Å². The maximum absolute atomic E-state index is 13.4. The zero-order valence-electron chi connectivity index (χ0n) is 16.2. The molecule has 0 aliphatic carbocycles. The molecule has 0 spiro atoms. The Balaban J connectivity index is 1.60. The highest BCUT2D eigenvalue weighted by Gasteiger charge is 2.45. The lowest BCUT2D eigenvalue weighted by atomic mass is 9.99. The van der Waals surface area contributed by atoms with E-state index in [1.807, 2.05) is 55.5 Å². The summed E-state index contributed by atoms with van der Waals surface area (Å²) in [5.41, 5.74) is 6.23. The quantitative estimate of drug-likeness (QED) is 0.458. The number of hydrazine groups is 1. The number of alkyl halides is 3. The van der Waals surface area contributed by atoms with Gasteiger partial charge in [-0.1, -0.05) is 54.1 Å². The summed E-state index contributed by atoms with van der Waals surface area (Å²) in [5.74, 6) is 0.762. The van der Waals surface area contributed by atoms with Crippen LogP contribution in [0.4, 0.5) is 13.2 Å². The van der Waals surface area contributed by atoms with Crippen molar-refractivity contribution in [2.75, 3.05) is 0 Å². The summed E-state index contributed by atoms with van der Waals surface area (Å²) in [7, 11) is 0. The third kappa shape index (κ3) is 3.47. The number of nitrogens with one attached hydrogen (secondary N) is 1. The number of ether oxygens (including phenoxy) is 1. The molecule has 0 fully saturated rings. The van der Waals surface area contributed by atoms with E-state index in [1.54, 1.807) is 5.01 Å². The molecule has 1 atom stereocenters. The molecule has 8 heteroatoms. The first-order valence-electron chi connectivity index (χ1n) is 9.53. The summed E-state index contributed by atoms with van der Waals surface area (Å²) in [6.07, 6.45) is -5.24. The van der Waals surface area contributed by atoms with Gasteiger partial charge in [-0.25, -0.2) is 4.67 Å². The van der Waals surface area contributed by atoms with E-state index in [-0.39, 0.29) is 11.0 Å². The summed E-state index contributed by atoms with van der Waals surface area (Å²) < 4.78 is 50.7. The van der Waals surface area contributed by atoms with Crippen LogP contribution in [0.1, 0.15) is 28.5 Å². The molecule has 4 nitrogen and oxygen atoms in total. The number of hydrogen-bond acceptors (Lipinski definition) is 3. The molecule has 2 aliphatic heterocycles. The van der Waals surface area contributed by atoms with Crippen LogP contribution in [-0.2, 0) is 6.18 Å². The van der Waals surface area contributed by atoms with Gasteiger partial charge >= 0.3 is 17.3 Å². The monoisotopic (exact) mass is 442 g/mol. The lowest BCUT2D eigenvalue weighted by molar-refractivity contribution is -0.137. The summed E-state index contributed by atoms with van der Waals surface area (Å²) in [5, 5.41) is 1.81. The van der Waals surface area contributed by atoms with Crippen molar-refractivity contribution in [2.24, 2.45) is 0 Å². The van der Waals surface area contributed by atoms with Gasteiger partial charge < -0.3 is 4.74 Å². The van der Waals surface area contributed by atoms with E-state index in [2.05, 4.69) is 10.1 Å². The first-order chi connectivity index (χ1) is 14.8. The Labute approximate surface area is 181 Å². The minimum absolute atomic E-state index is 0.113. The largest absolute Gasteiger partial charge is 0.468 e. The molecular formula is C23H16ClF3N3O+. The average molecular weight is 443 g/mol. The fourth-order valence-electron chi connectivity index (χ4n) is 3.67. The summed E-state index contributed by atoms with van der Waals surface area (Å²) in [6.45, 7) is 1.95. The lowest BCUT2D eigenvalue weighted by Crippen LogP contribution is -2.59. The number of fused-ring (bicyclic) bond motifs is 3. The number of halogens is 4. The molecule has 0 saturated carbocycles. The molecule has 0 saturated heterocycles. The molecule has 156 valence electrons. The Bertz CT molecular complexity index is 1250. The number of hydrogen-bond donors (Lipinski definition) is 1. The van der Waals surface area contributed by atoms with Gasteiger partial charge in [-0.3, -0.25) is 0 Å². The molecule has 3 aromatic carbocycles. The van der Waals surface area contributed by atoms with Crippen LogP contribution in [0.15, 0.2) is 66.7 Å². The topological polar surface area (TPSA) is 38.6 Å². The summed E-state index contributed by atoms with van der Waals surface area (Å²) in [4.78, 5) is 0. The third-order valence-corrected chi connectivity index (χ3v) is 5.47. The standard InChI is InChI=1S/C23H16ClF3N3O/c1-13-7-9-17-18(11-13)20-28-22(24)30(20)29-21(17)31-19-12-15(23(25,26)27)8-10-16(19)14-5-3-2-4-6-14/h2-12,21,29H,1H3/q+1. The number of nitrogens with zero attached hydrogens (tertiary/aromatic N) is 2. The Morgan fingerprint density at radius 2 is 1.77 bits per heavy atom. The van der Waals surface area contributed by atoms with Crippen molar-refractivity contribution in [1.29, 1.82) is 0 Å². The Kier molecular flexibility index (Phi) is 4.55. The number of benzene rings is 3. The van der Waals surface area contributed by atoms with Crippen LogP contribution in [0.5, 0.6) is 5.75 Å². The first kappa shape index (κ1) is 19.7. The van der Waals surface area contributed by atoms with Crippen LogP contribution >= 0.6 is 11.6 Å². The van der Waals surface area contributed by atoms with Crippen LogP contribution in [0.3, 0.4) is 0 Å². The molecule has 1 unspecified atom stereocenters. The predicted molar refractivity (Wildman–Crippen MR) is 114 cm³/mol. The number of rotatable bonds is 3. The number of amidine groups is 2. The minimum Gasteiger partial charge on any atom is -0.468 e. The van der Waals surface area contributed by atoms with Crippen molar-refractivity contribution in [3.05, 3.63) is 89.0 Å². The van der Waals surface area contributed by atoms with Crippen LogP contribution in [0, 0.1) is 6.92 Å². The molecule has 2 heterocycles. The van der Waals surface area contributed by atoms with E-state index in [4.69, 9.17) is 16.3 Å². The molecule has 0 aromatic heterocycles. The van der Waals surface area contributed by atoms with E-state index in [0.29, 0.717) is 11.4 Å². The fraction of sp³-hybridized carbons (Fsp3) is 0.130. The zero-order chi connectivity index (χ0) is 21.8. The van der Waals surface area contributed by atoms with Crippen molar-refractivity contribution in [3.8, 4) is 16.9 Å². The molecule has 3 aromatic rings. The Morgan fingerprint density at radius 3 is 2.48 bits per heavy atom. The van der Waals surface area contributed by atoms with Gasteiger partial charge in [0.15, 0.2) is 0 Å². The van der Waals surface area contributed by atoms with Gasteiger partial charge in [-0.2, -0.15) is 13.2 Å². The first-order valence-corrected chi connectivity index (χ1v) is 9.91. The predicted octanol–water partition coefficient (Wildman–Crippen LogP) is 5.00. The van der Waals surface area contributed by atoms with Gasteiger partial charge in [-0.15, -0.1) is 10.4 Å². The second-order valence-corrected chi connectivity index (χ2v) is 7.67. The van der Waals surface area contributed by atoms with E-state index >= 15 is 0 Å². The van der Waals surface area contributed by atoms with E-state index in [9.17, 15) is 13.2 Å². The zero-order valence-corrected chi connectivity index (χ0v) is 17.0. The van der Waals surface area contributed by atoms with Gasteiger partial charge in [-0.05, 0) is 30.7 Å². The van der Waals surface area contributed by atoms with Gasteiger partial charge in [0.2, 0.25) is 6.23 Å². The van der Waals surface area contributed by atoms with Crippen LogP contribution in [0.25, 0.3) is 11.1 Å². The molecule has 1 N–H and O–H groups in total. The second kappa shape index (κ2) is 7.17. The maximum Gasteiger partial charge on any atom is 0.416 e. The third-order valence-electron chi connectivity index (χ3n) is 5.21. The lowest BCUT2D eigenvalue weighted by Gasteiger charge is -2.33. The van der Waals surface area contributed by atoms with E-state index < -0.39 is 18.0 Å². The van der Waals surface area contributed by atoms with Crippen molar-refractivity contribution in [2.45, 2.75) is 19.3 Å². The Morgan fingerprint density at radius 1 is 1.00 bits per heavy atom. The molecule has 2 aliphatic rings. The molecule has 0 amide bonds. The smallest absolute Gasteiger partial charge is 0.416 e.